The Labute approximate surface area is 261 Å². The Hall–Kier alpha value is -3.46. The summed E-state index contributed by atoms with van der Waals surface area (Å²) in [6.45, 7) is 12.6. The molecule has 3 saturated heterocycles. The first-order valence-corrected chi connectivity index (χ1v) is 16.1. The predicted octanol–water partition coefficient (Wildman–Crippen LogP) is 3.22. The van der Waals surface area contributed by atoms with Gasteiger partial charge in [0, 0.05) is 50.1 Å². The van der Waals surface area contributed by atoms with Crippen LogP contribution in [0.5, 0.6) is 5.75 Å². The van der Waals surface area contributed by atoms with E-state index in [-0.39, 0.29) is 17.8 Å². The maximum Gasteiger partial charge on any atom is 0.235 e. The summed E-state index contributed by atoms with van der Waals surface area (Å²) >= 11 is 0. The lowest BCUT2D eigenvalue weighted by atomic mass is 9.68. The highest BCUT2D eigenvalue weighted by Gasteiger charge is 2.42. The van der Waals surface area contributed by atoms with Crippen molar-refractivity contribution in [1.82, 2.24) is 20.5 Å². The van der Waals surface area contributed by atoms with Gasteiger partial charge in [0.15, 0.2) is 5.84 Å². The fourth-order valence-corrected chi connectivity index (χ4v) is 7.16. The van der Waals surface area contributed by atoms with Crippen molar-refractivity contribution in [3.05, 3.63) is 40.2 Å². The normalized spacial score (nSPS) is 24.8. The minimum absolute atomic E-state index is 0.0778. The van der Waals surface area contributed by atoms with Gasteiger partial charge in [0.1, 0.15) is 29.4 Å². The van der Waals surface area contributed by atoms with Gasteiger partial charge in [0.05, 0.1) is 24.2 Å². The second kappa shape index (κ2) is 14.1. The molecule has 11 heteroatoms. The highest BCUT2D eigenvalue weighted by atomic mass is 16.5. The molecule has 3 fully saturated rings. The first-order chi connectivity index (χ1) is 21.2. The van der Waals surface area contributed by atoms with Gasteiger partial charge in [-0.3, -0.25) is 15.1 Å². The molecule has 4 heterocycles. The molecule has 0 saturated carbocycles. The van der Waals surface area contributed by atoms with Crippen LogP contribution >= 0.6 is 0 Å². The number of pyridine rings is 1. The number of rotatable bonds is 7. The molecule has 1 unspecified atom stereocenters. The lowest BCUT2D eigenvalue weighted by molar-refractivity contribution is -0.127. The fourth-order valence-electron chi connectivity index (χ4n) is 7.16. The molecule has 1 aromatic rings. The summed E-state index contributed by atoms with van der Waals surface area (Å²) in [5, 5.41) is 25.1. The van der Waals surface area contributed by atoms with Crippen LogP contribution in [0.4, 0.5) is 5.82 Å². The predicted molar refractivity (Wildman–Crippen MR) is 171 cm³/mol. The number of carbonyl (C=O) groups excluding carboxylic acids is 1. The highest BCUT2D eigenvalue weighted by Crippen LogP contribution is 2.44. The second-order valence-electron chi connectivity index (χ2n) is 12.8. The number of aromatic nitrogens is 1. The molecule has 0 bridgehead atoms. The van der Waals surface area contributed by atoms with Crippen LogP contribution in [0.25, 0.3) is 0 Å². The molecule has 1 amide bonds. The van der Waals surface area contributed by atoms with Gasteiger partial charge in [-0.05, 0) is 84.4 Å². The van der Waals surface area contributed by atoms with Crippen LogP contribution in [0, 0.1) is 22.2 Å². The monoisotopic (exact) mass is 604 g/mol. The summed E-state index contributed by atoms with van der Waals surface area (Å²) in [7, 11) is 0. The van der Waals surface area contributed by atoms with Gasteiger partial charge >= 0.3 is 0 Å². The van der Waals surface area contributed by atoms with Gasteiger partial charge < -0.3 is 30.7 Å². The number of amides is 1. The molecule has 1 aliphatic carbocycles. The molecule has 0 spiro atoms. The van der Waals surface area contributed by atoms with Crippen molar-refractivity contribution in [2.45, 2.75) is 77.9 Å². The standard InChI is InChI=1S/C33H48N8O3/c1-22-5-4-10-33(3,30(22)27(21-34)23(2)35)32(42)39-31(36)28-19-26(44-25-6-11-37-12-7-25)20-29(38-28)41-13-8-24(9-14-41)40-15-17-43-18-16-40/h19-20,24-25,37H,4-18,35H2,1-3H3,(H2,36,39,42)/b27-23+. The van der Waals surface area contributed by atoms with E-state index in [0.29, 0.717) is 40.7 Å². The lowest BCUT2D eigenvalue weighted by Gasteiger charge is -2.40. The summed E-state index contributed by atoms with van der Waals surface area (Å²) in [5.41, 5.74) is 7.87. The van der Waals surface area contributed by atoms with Crippen LogP contribution in [-0.4, -0.2) is 86.3 Å². The highest BCUT2D eigenvalue weighted by molar-refractivity contribution is 6.08. The number of nitrogens with zero attached hydrogens (tertiary/aromatic N) is 4. The maximum atomic E-state index is 13.9. The molecule has 11 nitrogen and oxygen atoms in total. The van der Waals surface area contributed by atoms with Gasteiger partial charge in [-0.15, -0.1) is 0 Å². The smallest absolute Gasteiger partial charge is 0.235 e. The third-order valence-corrected chi connectivity index (χ3v) is 9.68. The van der Waals surface area contributed by atoms with Crippen molar-refractivity contribution in [3.63, 3.8) is 0 Å². The van der Waals surface area contributed by atoms with E-state index in [2.05, 4.69) is 26.5 Å². The summed E-state index contributed by atoms with van der Waals surface area (Å²) in [5.74, 6) is 1.02. The largest absolute Gasteiger partial charge is 0.490 e. The van der Waals surface area contributed by atoms with Gasteiger partial charge in [-0.1, -0.05) is 5.57 Å². The van der Waals surface area contributed by atoms with E-state index in [9.17, 15) is 10.1 Å². The summed E-state index contributed by atoms with van der Waals surface area (Å²) < 4.78 is 12.0. The molecule has 1 atom stereocenters. The Morgan fingerprint density at radius 1 is 1.20 bits per heavy atom. The Morgan fingerprint density at radius 3 is 2.57 bits per heavy atom. The zero-order valence-electron chi connectivity index (χ0n) is 26.5. The average molecular weight is 605 g/mol. The fraction of sp³-hybridized carbons (Fsp3) is 0.636. The Kier molecular flexibility index (Phi) is 10.2. The SMILES string of the molecule is CC1=C(/C(C#N)=C(\C)N)C(C)(C(=O)NC(=N)c2cc(OC3CCNCC3)cc(N3CCC(N4CCOCC4)CC3)n2)CCC1. The van der Waals surface area contributed by atoms with E-state index in [1.54, 1.807) is 13.0 Å². The van der Waals surface area contributed by atoms with Crippen LogP contribution < -0.4 is 26.0 Å². The molecule has 3 aliphatic heterocycles. The number of hydrogen-bond donors (Lipinski definition) is 4. The molecule has 238 valence electrons. The van der Waals surface area contributed by atoms with Crippen LogP contribution in [0.3, 0.4) is 0 Å². The Balaban J connectivity index is 1.37. The first-order valence-electron chi connectivity index (χ1n) is 16.1. The van der Waals surface area contributed by atoms with Gasteiger partial charge in [-0.2, -0.15) is 5.26 Å². The molecule has 5 rings (SSSR count). The molecule has 1 aromatic heterocycles. The third kappa shape index (κ3) is 7.09. The maximum absolute atomic E-state index is 13.9. The molecular weight excluding hydrogens is 556 g/mol. The van der Waals surface area contributed by atoms with Gasteiger partial charge in [0.25, 0.3) is 0 Å². The minimum Gasteiger partial charge on any atom is -0.490 e. The molecule has 0 aromatic carbocycles. The second-order valence-corrected chi connectivity index (χ2v) is 12.8. The molecule has 0 radical (unpaired) electrons. The summed E-state index contributed by atoms with van der Waals surface area (Å²) in [4.78, 5) is 23.6. The summed E-state index contributed by atoms with van der Waals surface area (Å²) in [6, 6.07) is 6.51. The van der Waals surface area contributed by atoms with Crippen molar-refractivity contribution in [2.75, 3.05) is 57.4 Å². The molecule has 4 aliphatic rings. The van der Waals surface area contributed by atoms with Crippen molar-refractivity contribution in [1.29, 1.82) is 10.7 Å². The molecule has 5 N–H and O–H groups in total. The quantitative estimate of drug-likeness (QED) is 0.209. The van der Waals surface area contributed by atoms with E-state index < -0.39 is 5.41 Å². The van der Waals surface area contributed by atoms with Crippen molar-refractivity contribution >= 4 is 17.6 Å². The number of nitrogens with two attached hydrogens (primary N) is 1. The zero-order valence-corrected chi connectivity index (χ0v) is 26.5. The number of morpholine rings is 1. The number of amidine groups is 1. The number of nitrogens with one attached hydrogen (secondary N) is 3. The average Bonchev–Trinajstić information content (AvgIpc) is 3.03. The van der Waals surface area contributed by atoms with Crippen molar-refractivity contribution in [2.24, 2.45) is 11.1 Å². The van der Waals surface area contributed by atoms with E-state index in [1.165, 1.54) is 0 Å². The Morgan fingerprint density at radius 2 is 1.91 bits per heavy atom. The number of ether oxygens (including phenoxy) is 2. The van der Waals surface area contributed by atoms with Crippen molar-refractivity contribution in [3.8, 4) is 11.8 Å². The van der Waals surface area contributed by atoms with E-state index in [0.717, 1.165) is 102 Å². The first kappa shape index (κ1) is 31.9. The lowest BCUT2D eigenvalue weighted by Crippen LogP contribution is -2.49. The van der Waals surface area contributed by atoms with Crippen LogP contribution in [-0.2, 0) is 9.53 Å². The van der Waals surface area contributed by atoms with E-state index in [4.69, 9.17) is 25.6 Å². The number of anilines is 1. The van der Waals surface area contributed by atoms with E-state index in [1.807, 2.05) is 19.9 Å². The van der Waals surface area contributed by atoms with Gasteiger partial charge in [0.2, 0.25) is 5.91 Å². The molecular formula is C33H48N8O3. The third-order valence-electron chi connectivity index (χ3n) is 9.68. The summed E-state index contributed by atoms with van der Waals surface area (Å²) in [6.07, 6.45) is 6.16. The number of hydrogen-bond acceptors (Lipinski definition) is 10. The van der Waals surface area contributed by atoms with E-state index >= 15 is 0 Å². The zero-order chi connectivity index (χ0) is 31.3. The number of piperidine rings is 2. The number of carbonyl (C=O) groups is 1. The van der Waals surface area contributed by atoms with Crippen LogP contribution in [0.1, 0.15) is 71.4 Å². The van der Waals surface area contributed by atoms with Crippen molar-refractivity contribution < 1.29 is 14.3 Å². The Bertz CT molecular complexity index is 1330. The topological polar surface area (TPSA) is 153 Å². The molecule has 44 heavy (non-hydrogen) atoms. The number of nitriles is 1. The van der Waals surface area contributed by atoms with Crippen LogP contribution in [0.15, 0.2) is 34.5 Å². The van der Waals surface area contributed by atoms with Gasteiger partial charge in [-0.25, -0.2) is 4.98 Å². The number of allylic oxidation sites excluding steroid dienone is 3. The van der Waals surface area contributed by atoms with Crippen LogP contribution in [0.2, 0.25) is 0 Å². The minimum atomic E-state index is -0.992.